The Labute approximate surface area is 129 Å². The predicted molar refractivity (Wildman–Crippen MR) is 82.9 cm³/mol. The summed E-state index contributed by atoms with van der Waals surface area (Å²) in [6, 6.07) is 14.0. The third kappa shape index (κ3) is 2.73. The molecular formula is C16H10BrNO3. The van der Waals surface area contributed by atoms with Gasteiger partial charge in [-0.05, 0) is 36.4 Å². The standard InChI is InChI=1S/C16H10BrNO3/c17-14-6-2-5-13-12(14)7-8-18-15(13)21-11-4-1-3-10(9-11)16(19)20/h1-9H,(H,19,20). The number of carboxylic acid groups (broad SMARTS) is 1. The first kappa shape index (κ1) is 13.6. The van der Waals surface area contributed by atoms with E-state index in [2.05, 4.69) is 20.9 Å². The van der Waals surface area contributed by atoms with Crippen molar-refractivity contribution in [3.05, 3.63) is 64.8 Å². The molecule has 2 aromatic carbocycles. The maximum absolute atomic E-state index is 11.0. The van der Waals surface area contributed by atoms with Gasteiger partial charge in [-0.1, -0.05) is 28.1 Å². The van der Waals surface area contributed by atoms with E-state index in [-0.39, 0.29) is 5.56 Å². The molecule has 0 aliphatic rings. The topological polar surface area (TPSA) is 59.4 Å². The zero-order chi connectivity index (χ0) is 14.8. The number of pyridine rings is 1. The van der Waals surface area contributed by atoms with Crippen molar-refractivity contribution in [1.29, 1.82) is 0 Å². The van der Waals surface area contributed by atoms with Gasteiger partial charge in [0, 0.05) is 21.4 Å². The smallest absolute Gasteiger partial charge is 0.335 e. The lowest BCUT2D eigenvalue weighted by molar-refractivity contribution is 0.0696. The maximum Gasteiger partial charge on any atom is 0.335 e. The van der Waals surface area contributed by atoms with Crippen LogP contribution in [0.4, 0.5) is 0 Å². The van der Waals surface area contributed by atoms with E-state index in [4.69, 9.17) is 9.84 Å². The minimum Gasteiger partial charge on any atom is -0.478 e. The van der Waals surface area contributed by atoms with E-state index in [0.29, 0.717) is 11.6 Å². The van der Waals surface area contributed by atoms with Crippen LogP contribution in [0.3, 0.4) is 0 Å². The average molecular weight is 344 g/mol. The van der Waals surface area contributed by atoms with Crippen LogP contribution in [0.1, 0.15) is 10.4 Å². The number of halogens is 1. The molecule has 0 saturated carbocycles. The normalized spacial score (nSPS) is 10.5. The lowest BCUT2D eigenvalue weighted by Crippen LogP contribution is -1.96. The monoisotopic (exact) mass is 343 g/mol. The number of carboxylic acids is 1. The molecule has 0 atom stereocenters. The van der Waals surface area contributed by atoms with Gasteiger partial charge < -0.3 is 9.84 Å². The Morgan fingerprint density at radius 3 is 2.71 bits per heavy atom. The van der Waals surface area contributed by atoms with Crippen molar-refractivity contribution in [2.24, 2.45) is 0 Å². The largest absolute Gasteiger partial charge is 0.478 e. The van der Waals surface area contributed by atoms with Crippen molar-refractivity contribution in [2.75, 3.05) is 0 Å². The molecule has 0 radical (unpaired) electrons. The number of nitrogens with zero attached hydrogens (tertiary/aromatic N) is 1. The molecule has 1 N–H and O–H groups in total. The van der Waals surface area contributed by atoms with Crippen LogP contribution in [-0.2, 0) is 0 Å². The lowest BCUT2D eigenvalue weighted by Gasteiger charge is -2.09. The molecule has 0 aliphatic heterocycles. The zero-order valence-electron chi connectivity index (χ0n) is 10.8. The van der Waals surface area contributed by atoms with Crippen molar-refractivity contribution in [1.82, 2.24) is 4.98 Å². The Balaban J connectivity index is 2.04. The Hall–Kier alpha value is -2.40. The fourth-order valence-corrected chi connectivity index (χ4v) is 2.53. The van der Waals surface area contributed by atoms with Crippen LogP contribution in [0.5, 0.6) is 11.6 Å². The summed E-state index contributed by atoms with van der Waals surface area (Å²) < 4.78 is 6.69. The van der Waals surface area contributed by atoms with Gasteiger partial charge in [0.05, 0.1) is 5.56 Å². The number of hydrogen-bond acceptors (Lipinski definition) is 3. The SMILES string of the molecule is O=C(O)c1cccc(Oc2nccc3c(Br)cccc23)c1. The van der Waals surface area contributed by atoms with Crippen molar-refractivity contribution in [3.63, 3.8) is 0 Å². The van der Waals surface area contributed by atoms with Gasteiger partial charge in [-0.3, -0.25) is 0 Å². The van der Waals surface area contributed by atoms with Crippen molar-refractivity contribution in [2.45, 2.75) is 0 Å². The summed E-state index contributed by atoms with van der Waals surface area (Å²) in [7, 11) is 0. The number of ether oxygens (including phenoxy) is 1. The molecule has 0 amide bonds. The van der Waals surface area contributed by atoms with Crippen LogP contribution in [0.15, 0.2) is 59.2 Å². The van der Waals surface area contributed by atoms with E-state index in [1.165, 1.54) is 12.1 Å². The highest BCUT2D eigenvalue weighted by atomic mass is 79.9. The lowest BCUT2D eigenvalue weighted by atomic mass is 10.2. The number of benzene rings is 2. The van der Waals surface area contributed by atoms with Crippen LogP contribution >= 0.6 is 15.9 Å². The molecule has 4 nitrogen and oxygen atoms in total. The molecule has 0 fully saturated rings. The first-order valence-corrected chi connectivity index (χ1v) is 6.99. The summed E-state index contributed by atoms with van der Waals surface area (Å²) >= 11 is 3.49. The summed E-state index contributed by atoms with van der Waals surface area (Å²) in [5.74, 6) is -0.111. The van der Waals surface area contributed by atoms with Crippen LogP contribution in [-0.4, -0.2) is 16.1 Å². The van der Waals surface area contributed by atoms with E-state index < -0.39 is 5.97 Å². The van der Waals surface area contributed by atoms with E-state index in [0.717, 1.165) is 15.2 Å². The van der Waals surface area contributed by atoms with E-state index in [1.54, 1.807) is 18.3 Å². The number of aromatic carboxylic acids is 1. The number of fused-ring (bicyclic) bond motifs is 1. The molecule has 104 valence electrons. The highest BCUT2D eigenvalue weighted by Crippen LogP contribution is 2.31. The summed E-state index contributed by atoms with van der Waals surface area (Å²) in [5.41, 5.74) is 0.175. The van der Waals surface area contributed by atoms with Crippen molar-refractivity contribution < 1.29 is 14.6 Å². The second-order valence-corrected chi connectivity index (χ2v) is 5.24. The molecule has 0 saturated heterocycles. The van der Waals surface area contributed by atoms with E-state index >= 15 is 0 Å². The molecule has 0 spiro atoms. The van der Waals surface area contributed by atoms with Gasteiger partial charge in [0.2, 0.25) is 5.88 Å². The summed E-state index contributed by atoms with van der Waals surface area (Å²) in [5, 5.41) is 10.8. The second kappa shape index (κ2) is 5.54. The van der Waals surface area contributed by atoms with Gasteiger partial charge in [0.1, 0.15) is 5.75 Å². The molecule has 0 unspecified atom stereocenters. The fraction of sp³-hybridized carbons (Fsp3) is 0. The van der Waals surface area contributed by atoms with Crippen LogP contribution < -0.4 is 4.74 Å². The number of hydrogen-bond donors (Lipinski definition) is 1. The van der Waals surface area contributed by atoms with Crippen LogP contribution in [0.2, 0.25) is 0 Å². The average Bonchev–Trinajstić information content (AvgIpc) is 2.49. The summed E-state index contributed by atoms with van der Waals surface area (Å²) in [6.07, 6.45) is 1.66. The molecule has 0 bridgehead atoms. The summed E-state index contributed by atoms with van der Waals surface area (Å²) in [4.78, 5) is 15.2. The Bertz CT molecular complexity index is 833. The predicted octanol–water partition coefficient (Wildman–Crippen LogP) is 4.49. The molecule has 3 aromatic rings. The number of carbonyl (C=O) groups is 1. The van der Waals surface area contributed by atoms with Crippen molar-refractivity contribution in [3.8, 4) is 11.6 Å². The second-order valence-electron chi connectivity index (χ2n) is 4.39. The first-order valence-electron chi connectivity index (χ1n) is 6.19. The van der Waals surface area contributed by atoms with E-state index in [1.807, 2.05) is 24.3 Å². The zero-order valence-corrected chi connectivity index (χ0v) is 12.4. The quantitative estimate of drug-likeness (QED) is 0.761. The third-order valence-electron chi connectivity index (χ3n) is 3.01. The molecule has 1 aromatic heterocycles. The number of aromatic nitrogens is 1. The first-order chi connectivity index (χ1) is 10.1. The van der Waals surface area contributed by atoms with Gasteiger partial charge >= 0.3 is 5.97 Å². The van der Waals surface area contributed by atoms with Crippen molar-refractivity contribution >= 4 is 32.7 Å². The molecule has 5 heteroatoms. The highest BCUT2D eigenvalue weighted by molar-refractivity contribution is 9.10. The van der Waals surface area contributed by atoms with Gasteiger partial charge in [-0.25, -0.2) is 9.78 Å². The Morgan fingerprint density at radius 2 is 1.90 bits per heavy atom. The molecular weight excluding hydrogens is 334 g/mol. The third-order valence-corrected chi connectivity index (χ3v) is 3.70. The maximum atomic E-state index is 11.0. The molecule has 1 heterocycles. The fourth-order valence-electron chi connectivity index (χ4n) is 2.03. The minimum atomic E-state index is -0.992. The Kier molecular flexibility index (Phi) is 3.58. The Morgan fingerprint density at radius 1 is 1.10 bits per heavy atom. The highest BCUT2D eigenvalue weighted by Gasteiger charge is 2.09. The number of rotatable bonds is 3. The van der Waals surface area contributed by atoms with Gasteiger partial charge in [-0.2, -0.15) is 0 Å². The van der Waals surface area contributed by atoms with E-state index in [9.17, 15) is 4.79 Å². The van der Waals surface area contributed by atoms with Crippen LogP contribution in [0.25, 0.3) is 10.8 Å². The minimum absolute atomic E-state index is 0.175. The molecule has 0 aliphatic carbocycles. The molecule has 21 heavy (non-hydrogen) atoms. The van der Waals surface area contributed by atoms with Gasteiger partial charge in [0.15, 0.2) is 0 Å². The van der Waals surface area contributed by atoms with Gasteiger partial charge in [-0.15, -0.1) is 0 Å². The summed E-state index contributed by atoms with van der Waals surface area (Å²) in [6.45, 7) is 0. The molecule has 3 rings (SSSR count). The van der Waals surface area contributed by atoms with Crippen LogP contribution in [0, 0.1) is 0 Å². The van der Waals surface area contributed by atoms with Gasteiger partial charge in [0.25, 0.3) is 0 Å².